The Balaban J connectivity index is 1.99. The minimum Gasteiger partial charge on any atom is -0.327 e. The van der Waals surface area contributed by atoms with Crippen molar-refractivity contribution in [1.29, 1.82) is 0 Å². The van der Waals surface area contributed by atoms with Crippen molar-refractivity contribution >= 4 is 11.0 Å². The lowest BCUT2D eigenvalue weighted by Gasteiger charge is -2.30. The standard InChI is InChI=1S/C17H25N3/c1-17(2,3)13-5-6-15-16(11-13)20(12-18-15)14-7-9-19(4)10-8-14/h5-6,11-12,14H,7-10H2,1-4H3. The summed E-state index contributed by atoms with van der Waals surface area (Å²) in [6, 6.07) is 7.32. The van der Waals surface area contributed by atoms with Gasteiger partial charge >= 0.3 is 0 Å². The van der Waals surface area contributed by atoms with Gasteiger partial charge in [-0.2, -0.15) is 0 Å². The molecule has 108 valence electrons. The Bertz CT molecular complexity index is 598. The summed E-state index contributed by atoms with van der Waals surface area (Å²) in [5, 5.41) is 0. The number of benzene rings is 1. The highest BCUT2D eigenvalue weighted by Crippen LogP contribution is 2.29. The smallest absolute Gasteiger partial charge is 0.0960 e. The molecule has 1 fully saturated rings. The van der Waals surface area contributed by atoms with Crippen molar-refractivity contribution in [3.05, 3.63) is 30.1 Å². The third-order valence-corrected chi connectivity index (χ3v) is 4.52. The number of likely N-dealkylation sites (tertiary alicyclic amines) is 1. The molecule has 3 nitrogen and oxygen atoms in total. The van der Waals surface area contributed by atoms with E-state index in [1.165, 1.54) is 37.0 Å². The largest absolute Gasteiger partial charge is 0.327 e. The molecule has 0 aliphatic carbocycles. The van der Waals surface area contributed by atoms with Crippen molar-refractivity contribution in [2.24, 2.45) is 0 Å². The molecule has 0 radical (unpaired) electrons. The Hall–Kier alpha value is -1.35. The van der Waals surface area contributed by atoms with Gasteiger partial charge in [-0.3, -0.25) is 0 Å². The quantitative estimate of drug-likeness (QED) is 0.790. The molecule has 0 spiro atoms. The van der Waals surface area contributed by atoms with Gasteiger partial charge < -0.3 is 9.47 Å². The summed E-state index contributed by atoms with van der Waals surface area (Å²) < 4.78 is 2.40. The van der Waals surface area contributed by atoms with Crippen molar-refractivity contribution in [2.45, 2.75) is 45.1 Å². The molecular weight excluding hydrogens is 246 g/mol. The van der Waals surface area contributed by atoms with E-state index in [0.717, 1.165) is 5.52 Å². The lowest BCUT2D eigenvalue weighted by Crippen LogP contribution is -2.31. The molecule has 0 amide bonds. The van der Waals surface area contributed by atoms with E-state index in [4.69, 9.17) is 0 Å². The fourth-order valence-electron chi connectivity index (χ4n) is 3.06. The van der Waals surface area contributed by atoms with E-state index in [9.17, 15) is 0 Å². The summed E-state index contributed by atoms with van der Waals surface area (Å²) in [7, 11) is 2.21. The summed E-state index contributed by atoms with van der Waals surface area (Å²) in [5.74, 6) is 0. The number of aromatic nitrogens is 2. The average molecular weight is 271 g/mol. The van der Waals surface area contributed by atoms with E-state index < -0.39 is 0 Å². The van der Waals surface area contributed by atoms with Crippen LogP contribution < -0.4 is 0 Å². The predicted molar refractivity (Wildman–Crippen MR) is 84.2 cm³/mol. The van der Waals surface area contributed by atoms with Crippen LogP contribution in [0.25, 0.3) is 11.0 Å². The van der Waals surface area contributed by atoms with E-state index in [0.29, 0.717) is 6.04 Å². The van der Waals surface area contributed by atoms with Crippen LogP contribution in [0.2, 0.25) is 0 Å². The molecule has 20 heavy (non-hydrogen) atoms. The predicted octanol–water partition coefficient (Wildman–Crippen LogP) is 3.60. The summed E-state index contributed by atoms with van der Waals surface area (Å²) in [4.78, 5) is 7.00. The highest BCUT2D eigenvalue weighted by Gasteiger charge is 2.21. The van der Waals surface area contributed by atoms with E-state index in [-0.39, 0.29) is 5.41 Å². The molecule has 1 aromatic heterocycles. The molecule has 1 aliphatic heterocycles. The van der Waals surface area contributed by atoms with Crippen molar-refractivity contribution in [2.75, 3.05) is 20.1 Å². The first-order valence-corrected chi connectivity index (χ1v) is 7.61. The van der Waals surface area contributed by atoms with E-state index in [1.807, 2.05) is 6.33 Å². The average Bonchev–Trinajstić information content (AvgIpc) is 2.81. The summed E-state index contributed by atoms with van der Waals surface area (Å²) in [5.41, 5.74) is 4.00. The van der Waals surface area contributed by atoms with Crippen LogP contribution in [-0.2, 0) is 5.41 Å². The summed E-state index contributed by atoms with van der Waals surface area (Å²) in [6.45, 7) is 9.17. The molecule has 1 saturated heterocycles. The van der Waals surface area contributed by atoms with Gasteiger partial charge in [0.15, 0.2) is 0 Å². The lowest BCUT2D eigenvalue weighted by atomic mass is 9.87. The Morgan fingerprint density at radius 3 is 2.50 bits per heavy atom. The summed E-state index contributed by atoms with van der Waals surface area (Å²) >= 11 is 0. The Morgan fingerprint density at radius 2 is 1.85 bits per heavy atom. The highest BCUT2D eigenvalue weighted by atomic mass is 15.1. The minimum atomic E-state index is 0.191. The van der Waals surface area contributed by atoms with Gasteiger partial charge in [0.1, 0.15) is 0 Å². The van der Waals surface area contributed by atoms with Gasteiger partial charge in [0.25, 0.3) is 0 Å². The Morgan fingerprint density at radius 1 is 1.15 bits per heavy atom. The van der Waals surface area contributed by atoms with Crippen LogP contribution in [0.4, 0.5) is 0 Å². The van der Waals surface area contributed by atoms with Crippen LogP contribution >= 0.6 is 0 Å². The fraction of sp³-hybridized carbons (Fsp3) is 0.588. The first-order valence-electron chi connectivity index (χ1n) is 7.61. The van der Waals surface area contributed by atoms with Gasteiger partial charge in [0.2, 0.25) is 0 Å². The molecule has 3 rings (SSSR count). The molecule has 2 heterocycles. The first kappa shape index (κ1) is 13.6. The number of imidazole rings is 1. The second kappa shape index (κ2) is 4.88. The van der Waals surface area contributed by atoms with Crippen molar-refractivity contribution in [3.8, 4) is 0 Å². The number of rotatable bonds is 1. The minimum absolute atomic E-state index is 0.191. The maximum atomic E-state index is 4.59. The third-order valence-electron chi connectivity index (χ3n) is 4.52. The zero-order chi connectivity index (χ0) is 14.3. The van der Waals surface area contributed by atoms with E-state index >= 15 is 0 Å². The van der Waals surface area contributed by atoms with Crippen LogP contribution in [0, 0.1) is 0 Å². The second-order valence-corrected chi connectivity index (χ2v) is 7.14. The monoisotopic (exact) mass is 271 g/mol. The van der Waals surface area contributed by atoms with Crippen molar-refractivity contribution in [1.82, 2.24) is 14.5 Å². The second-order valence-electron chi connectivity index (χ2n) is 7.14. The molecule has 0 atom stereocenters. The molecule has 0 unspecified atom stereocenters. The highest BCUT2D eigenvalue weighted by molar-refractivity contribution is 5.76. The third kappa shape index (κ3) is 2.47. The lowest BCUT2D eigenvalue weighted by molar-refractivity contribution is 0.223. The zero-order valence-electron chi connectivity index (χ0n) is 13.1. The topological polar surface area (TPSA) is 21.1 Å². The fourth-order valence-corrected chi connectivity index (χ4v) is 3.06. The molecule has 0 saturated carbocycles. The SMILES string of the molecule is CN1CCC(n2cnc3ccc(C(C)(C)C)cc32)CC1. The van der Waals surface area contributed by atoms with Gasteiger partial charge in [-0.15, -0.1) is 0 Å². The van der Waals surface area contributed by atoms with Crippen LogP contribution in [0.15, 0.2) is 24.5 Å². The number of nitrogens with zero attached hydrogens (tertiary/aromatic N) is 3. The van der Waals surface area contributed by atoms with Gasteiger partial charge in [-0.25, -0.2) is 4.98 Å². The molecule has 1 aromatic carbocycles. The molecule has 2 aromatic rings. The van der Waals surface area contributed by atoms with Crippen LogP contribution in [0.3, 0.4) is 0 Å². The molecule has 1 aliphatic rings. The van der Waals surface area contributed by atoms with E-state index in [2.05, 4.69) is 60.5 Å². The van der Waals surface area contributed by atoms with Gasteiger partial charge in [-0.05, 0) is 56.1 Å². The Labute approximate surface area is 121 Å². The number of piperidine rings is 1. The number of hydrogen-bond donors (Lipinski definition) is 0. The van der Waals surface area contributed by atoms with Crippen LogP contribution in [-0.4, -0.2) is 34.6 Å². The van der Waals surface area contributed by atoms with E-state index in [1.54, 1.807) is 0 Å². The Kier molecular flexibility index (Phi) is 3.33. The van der Waals surface area contributed by atoms with Crippen molar-refractivity contribution in [3.63, 3.8) is 0 Å². The van der Waals surface area contributed by atoms with Gasteiger partial charge in [0.05, 0.1) is 17.4 Å². The maximum absolute atomic E-state index is 4.59. The molecule has 0 N–H and O–H groups in total. The van der Waals surface area contributed by atoms with Crippen LogP contribution in [0.5, 0.6) is 0 Å². The van der Waals surface area contributed by atoms with Crippen molar-refractivity contribution < 1.29 is 0 Å². The normalized spacial score (nSPS) is 18.8. The molecular formula is C17H25N3. The zero-order valence-corrected chi connectivity index (χ0v) is 13.1. The van der Waals surface area contributed by atoms with Gasteiger partial charge in [0, 0.05) is 6.04 Å². The number of fused-ring (bicyclic) bond motifs is 1. The number of hydrogen-bond acceptors (Lipinski definition) is 2. The summed E-state index contributed by atoms with van der Waals surface area (Å²) in [6.07, 6.45) is 4.48. The van der Waals surface area contributed by atoms with Crippen LogP contribution in [0.1, 0.15) is 45.2 Å². The maximum Gasteiger partial charge on any atom is 0.0960 e. The van der Waals surface area contributed by atoms with Gasteiger partial charge in [-0.1, -0.05) is 26.8 Å². The molecule has 3 heteroatoms. The first-order chi connectivity index (χ1) is 9.45. The molecule has 0 bridgehead atoms.